The molecule has 0 aliphatic heterocycles. The van der Waals surface area contributed by atoms with Crippen LogP contribution in [0.3, 0.4) is 0 Å². The SMILES string of the molecule is CCCCCC(C)c1ccco1. The topological polar surface area (TPSA) is 13.1 Å². The number of rotatable bonds is 5. The first-order valence-corrected chi connectivity index (χ1v) is 4.88. The third kappa shape index (κ3) is 2.72. The zero-order valence-electron chi connectivity index (χ0n) is 8.05. The molecule has 0 aliphatic carbocycles. The molecular weight excluding hydrogens is 148 g/mol. The Bertz CT molecular complexity index is 189. The number of hydrogen-bond acceptors (Lipinski definition) is 1. The summed E-state index contributed by atoms with van der Waals surface area (Å²) >= 11 is 0. The Morgan fingerprint density at radius 1 is 1.42 bits per heavy atom. The van der Waals surface area contributed by atoms with Crippen molar-refractivity contribution in [2.24, 2.45) is 0 Å². The lowest BCUT2D eigenvalue weighted by atomic mass is 10.0. The molecule has 1 atom stereocenters. The molecule has 1 aromatic rings. The Labute approximate surface area is 74.8 Å². The van der Waals surface area contributed by atoms with Gasteiger partial charge in [-0.25, -0.2) is 0 Å². The molecule has 0 spiro atoms. The molecule has 12 heavy (non-hydrogen) atoms. The molecule has 1 heteroatoms. The minimum atomic E-state index is 0.589. The van der Waals surface area contributed by atoms with Gasteiger partial charge in [-0.2, -0.15) is 0 Å². The Hall–Kier alpha value is -0.720. The first kappa shape index (κ1) is 9.37. The molecule has 0 aromatic carbocycles. The van der Waals surface area contributed by atoms with Gasteiger partial charge in [-0.15, -0.1) is 0 Å². The monoisotopic (exact) mass is 166 g/mol. The van der Waals surface area contributed by atoms with Gasteiger partial charge in [-0.3, -0.25) is 0 Å². The highest BCUT2D eigenvalue weighted by Crippen LogP contribution is 2.21. The fraction of sp³-hybridized carbons (Fsp3) is 0.636. The molecule has 68 valence electrons. The zero-order valence-corrected chi connectivity index (χ0v) is 8.05. The summed E-state index contributed by atoms with van der Waals surface area (Å²) in [6.45, 7) is 4.46. The van der Waals surface area contributed by atoms with Gasteiger partial charge >= 0.3 is 0 Å². The standard InChI is InChI=1S/C11H18O/c1-3-4-5-7-10(2)11-8-6-9-12-11/h6,8-10H,3-5,7H2,1-2H3. The molecule has 0 bridgehead atoms. The summed E-state index contributed by atoms with van der Waals surface area (Å²) in [5.74, 6) is 1.72. The van der Waals surface area contributed by atoms with Crippen molar-refractivity contribution in [1.82, 2.24) is 0 Å². The van der Waals surface area contributed by atoms with Crippen molar-refractivity contribution in [2.45, 2.75) is 45.4 Å². The van der Waals surface area contributed by atoms with Crippen molar-refractivity contribution >= 4 is 0 Å². The van der Waals surface area contributed by atoms with Gasteiger partial charge in [0.1, 0.15) is 5.76 Å². The van der Waals surface area contributed by atoms with Crippen LogP contribution in [-0.2, 0) is 0 Å². The van der Waals surface area contributed by atoms with Gasteiger partial charge in [-0.1, -0.05) is 33.1 Å². The minimum absolute atomic E-state index is 0.589. The van der Waals surface area contributed by atoms with Gasteiger partial charge in [0.2, 0.25) is 0 Å². The van der Waals surface area contributed by atoms with Crippen LogP contribution in [0.4, 0.5) is 0 Å². The molecule has 0 amide bonds. The largest absolute Gasteiger partial charge is 0.469 e. The second-order valence-electron chi connectivity index (χ2n) is 3.41. The molecule has 0 saturated heterocycles. The van der Waals surface area contributed by atoms with Crippen molar-refractivity contribution < 1.29 is 4.42 Å². The molecule has 0 N–H and O–H groups in total. The maximum atomic E-state index is 5.33. The molecule has 0 aliphatic rings. The number of unbranched alkanes of at least 4 members (excludes halogenated alkanes) is 2. The lowest BCUT2D eigenvalue weighted by Gasteiger charge is -2.06. The summed E-state index contributed by atoms with van der Waals surface area (Å²) < 4.78 is 5.33. The van der Waals surface area contributed by atoms with Crippen LogP contribution in [0.5, 0.6) is 0 Å². The van der Waals surface area contributed by atoms with Crippen LogP contribution in [0.1, 0.15) is 51.2 Å². The average molecular weight is 166 g/mol. The molecular formula is C11H18O. The maximum absolute atomic E-state index is 5.33. The Kier molecular flexibility index (Phi) is 3.92. The fourth-order valence-electron chi connectivity index (χ4n) is 1.41. The van der Waals surface area contributed by atoms with Crippen LogP contribution >= 0.6 is 0 Å². The van der Waals surface area contributed by atoms with Crippen LogP contribution in [-0.4, -0.2) is 0 Å². The van der Waals surface area contributed by atoms with E-state index in [0.29, 0.717) is 5.92 Å². The normalized spacial score (nSPS) is 13.2. The Balaban J connectivity index is 2.25. The molecule has 1 rings (SSSR count). The van der Waals surface area contributed by atoms with E-state index in [-0.39, 0.29) is 0 Å². The zero-order chi connectivity index (χ0) is 8.81. The maximum Gasteiger partial charge on any atom is 0.106 e. The molecule has 1 heterocycles. The van der Waals surface area contributed by atoms with Crippen LogP contribution in [0.2, 0.25) is 0 Å². The second-order valence-corrected chi connectivity index (χ2v) is 3.41. The summed E-state index contributed by atoms with van der Waals surface area (Å²) in [7, 11) is 0. The summed E-state index contributed by atoms with van der Waals surface area (Å²) in [5, 5.41) is 0. The van der Waals surface area contributed by atoms with Crippen LogP contribution < -0.4 is 0 Å². The average Bonchev–Trinajstić information content (AvgIpc) is 2.56. The highest BCUT2D eigenvalue weighted by Gasteiger charge is 2.06. The van der Waals surface area contributed by atoms with Gasteiger partial charge in [0.15, 0.2) is 0 Å². The van der Waals surface area contributed by atoms with Gasteiger partial charge < -0.3 is 4.42 Å². The molecule has 0 radical (unpaired) electrons. The second kappa shape index (κ2) is 5.02. The van der Waals surface area contributed by atoms with Crippen molar-refractivity contribution in [3.8, 4) is 0 Å². The van der Waals surface area contributed by atoms with Crippen LogP contribution in [0, 0.1) is 0 Å². The van der Waals surface area contributed by atoms with E-state index in [9.17, 15) is 0 Å². The number of furan rings is 1. The van der Waals surface area contributed by atoms with Crippen LogP contribution in [0.15, 0.2) is 22.8 Å². The van der Waals surface area contributed by atoms with Crippen molar-refractivity contribution in [3.05, 3.63) is 24.2 Å². The van der Waals surface area contributed by atoms with Gasteiger partial charge in [0.05, 0.1) is 6.26 Å². The van der Waals surface area contributed by atoms with Crippen molar-refractivity contribution in [1.29, 1.82) is 0 Å². The van der Waals surface area contributed by atoms with E-state index < -0.39 is 0 Å². The van der Waals surface area contributed by atoms with E-state index in [2.05, 4.69) is 19.9 Å². The Morgan fingerprint density at radius 3 is 2.83 bits per heavy atom. The lowest BCUT2D eigenvalue weighted by molar-refractivity contribution is 0.451. The molecule has 1 aromatic heterocycles. The predicted octanol–water partition coefficient (Wildman–Crippen LogP) is 3.96. The molecule has 1 nitrogen and oxygen atoms in total. The third-order valence-electron chi connectivity index (χ3n) is 2.27. The molecule has 0 saturated carbocycles. The van der Waals surface area contributed by atoms with E-state index in [0.717, 1.165) is 5.76 Å². The summed E-state index contributed by atoms with van der Waals surface area (Å²) in [6, 6.07) is 4.03. The van der Waals surface area contributed by atoms with E-state index in [1.54, 1.807) is 6.26 Å². The first-order chi connectivity index (χ1) is 5.84. The third-order valence-corrected chi connectivity index (χ3v) is 2.27. The van der Waals surface area contributed by atoms with Crippen molar-refractivity contribution in [3.63, 3.8) is 0 Å². The van der Waals surface area contributed by atoms with Gasteiger partial charge in [0.25, 0.3) is 0 Å². The summed E-state index contributed by atoms with van der Waals surface area (Å²) in [4.78, 5) is 0. The smallest absolute Gasteiger partial charge is 0.106 e. The highest BCUT2D eigenvalue weighted by molar-refractivity contribution is 5.03. The first-order valence-electron chi connectivity index (χ1n) is 4.88. The van der Waals surface area contributed by atoms with E-state index in [4.69, 9.17) is 4.42 Å². The van der Waals surface area contributed by atoms with E-state index in [1.807, 2.05) is 6.07 Å². The predicted molar refractivity (Wildman–Crippen MR) is 51.3 cm³/mol. The minimum Gasteiger partial charge on any atom is -0.469 e. The summed E-state index contributed by atoms with van der Waals surface area (Å²) in [5.41, 5.74) is 0. The van der Waals surface area contributed by atoms with E-state index in [1.165, 1.54) is 25.7 Å². The van der Waals surface area contributed by atoms with Gasteiger partial charge in [-0.05, 0) is 18.6 Å². The summed E-state index contributed by atoms with van der Waals surface area (Å²) in [6.07, 6.45) is 6.96. The fourth-order valence-corrected chi connectivity index (χ4v) is 1.41. The Morgan fingerprint density at radius 2 is 2.25 bits per heavy atom. The molecule has 0 fully saturated rings. The van der Waals surface area contributed by atoms with Crippen LogP contribution in [0.25, 0.3) is 0 Å². The highest BCUT2D eigenvalue weighted by atomic mass is 16.3. The lowest BCUT2D eigenvalue weighted by Crippen LogP contribution is -1.90. The van der Waals surface area contributed by atoms with E-state index >= 15 is 0 Å². The van der Waals surface area contributed by atoms with Gasteiger partial charge in [0, 0.05) is 5.92 Å². The molecule has 1 unspecified atom stereocenters. The van der Waals surface area contributed by atoms with Crippen molar-refractivity contribution in [2.75, 3.05) is 0 Å². The number of hydrogen-bond donors (Lipinski definition) is 0. The quantitative estimate of drug-likeness (QED) is 0.603.